The van der Waals surface area contributed by atoms with E-state index in [1.54, 1.807) is 13.3 Å². The smallest absolute Gasteiger partial charge is 0.316 e. The van der Waals surface area contributed by atoms with E-state index in [9.17, 15) is 0 Å². The molecule has 0 saturated carbocycles. The van der Waals surface area contributed by atoms with Crippen LogP contribution in [0.2, 0.25) is 0 Å². The van der Waals surface area contributed by atoms with Gasteiger partial charge in [-0.15, -0.1) is 0 Å². The number of anilines is 1. The Bertz CT molecular complexity index is 471. The van der Waals surface area contributed by atoms with E-state index in [1.165, 1.54) is 0 Å². The maximum atomic E-state index is 5.69. The quantitative estimate of drug-likeness (QED) is 0.752. The SMILES string of the molecule is COc1nccc(-c2cccc(N)c2)n1. The van der Waals surface area contributed by atoms with Gasteiger partial charge in [-0.25, -0.2) is 4.98 Å². The molecule has 76 valence electrons. The first-order chi connectivity index (χ1) is 7.29. The Morgan fingerprint density at radius 2 is 2.13 bits per heavy atom. The first kappa shape index (κ1) is 9.45. The lowest BCUT2D eigenvalue weighted by molar-refractivity contribution is 0.380. The molecule has 0 radical (unpaired) electrons. The molecule has 0 saturated heterocycles. The van der Waals surface area contributed by atoms with Gasteiger partial charge < -0.3 is 10.5 Å². The molecule has 0 aliphatic carbocycles. The Balaban J connectivity index is 2.44. The summed E-state index contributed by atoms with van der Waals surface area (Å²) in [6.07, 6.45) is 1.66. The van der Waals surface area contributed by atoms with Crippen LogP contribution in [0.15, 0.2) is 36.5 Å². The summed E-state index contributed by atoms with van der Waals surface area (Å²) < 4.78 is 4.95. The molecule has 1 aromatic carbocycles. The van der Waals surface area contributed by atoms with Gasteiger partial charge in [-0.3, -0.25) is 0 Å². The summed E-state index contributed by atoms with van der Waals surface area (Å²) >= 11 is 0. The van der Waals surface area contributed by atoms with Crippen LogP contribution in [-0.2, 0) is 0 Å². The topological polar surface area (TPSA) is 61.0 Å². The molecule has 0 atom stereocenters. The summed E-state index contributed by atoms with van der Waals surface area (Å²) in [5.41, 5.74) is 8.16. The molecule has 0 bridgehead atoms. The van der Waals surface area contributed by atoms with Crippen molar-refractivity contribution in [2.75, 3.05) is 12.8 Å². The first-order valence-electron chi connectivity index (χ1n) is 4.52. The highest BCUT2D eigenvalue weighted by atomic mass is 16.5. The monoisotopic (exact) mass is 201 g/mol. The third-order valence-corrected chi connectivity index (χ3v) is 2.00. The van der Waals surface area contributed by atoms with Crippen LogP contribution in [0, 0.1) is 0 Å². The Hall–Kier alpha value is -2.10. The van der Waals surface area contributed by atoms with Gasteiger partial charge in [-0.2, -0.15) is 4.98 Å². The second-order valence-corrected chi connectivity index (χ2v) is 3.05. The summed E-state index contributed by atoms with van der Waals surface area (Å²) in [7, 11) is 1.54. The third-order valence-electron chi connectivity index (χ3n) is 2.00. The number of nitrogen functional groups attached to an aromatic ring is 1. The first-order valence-corrected chi connectivity index (χ1v) is 4.52. The Labute approximate surface area is 87.7 Å². The number of methoxy groups -OCH3 is 1. The van der Waals surface area contributed by atoms with Crippen LogP contribution in [0.3, 0.4) is 0 Å². The zero-order valence-electron chi connectivity index (χ0n) is 8.34. The van der Waals surface area contributed by atoms with Gasteiger partial charge in [0.25, 0.3) is 0 Å². The van der Waals surface area contributed by atoms with Gasteiger partial charge in [0.05, 0.1) is 12.8 Å². The van der Waals surface area contributed by atoms with E-state index in [0.29, 0.717) is 11.7 Å². The van der Waals surface area contributed by atoms with Crippen LogP contribution in [0.5, 0.6) is 6.01 Å². The van der Waals surface area contributed by atoms with Gasteiger partial charge in [0.1, 0.15) is 0 Å². The van der Waals surface area contributed by atoms with Gasteiger partial charge in [0.15, 0.2) is 0 Å². The normalized spacial score (nSPS) is 9.93. The van der Waals surface area contributed by atoms with E-state index in [-0.39, 0.29) is 0 Å². The highest BCUT2D eigenvalue weighted by Crippen LogP contribution is 2.20. The van der Waals surface area contributed by atoms with Crippen molar-refractivity contribution >= 4 is 5.69 Å². The third kappa shape index (κ3) is 2.04. The average molecular weight is 201 g/mol. The maximum absolute atomic E-state index is 5.69. The number of ether oxygens (including phenoxy) is 1. The van der Waals surface area contributed by atoms with Crippen molar-refractivity contribution in [2.24, 2.45) is 0 Å². The van der Waals surface area contributed by atoms with Gasteiger partial charge in [0, 0.05) is 17.4 Å². The predicted octanol–water partition coefficient (Wildman–Crippen LogP) is 1.73. The molecule has 0 spiro atoms. The fraction of sp³-hybridized carbons (Fsp3) is 0.0909. The van der Waals surface area contributed by atoms with Crippen LogP contribution in [0.25, 0.3) is 11.3 Å². The van der Waals surface area contributed by atoms with Crippen molar-refractivity contribution < 1.29 is 4.74 Å². The van der Waals surface area contributed by atoms with E-state index >= 15 is 0 Å². The molecule has 4 heteroatoms. The van der Waals surface area contributed by atoms with Crippen LogP contribution in [-0.4, -0.2) is 17.1 Å². The largest absolute Gasteiger partial charge is 0.467 e. The molecule has 0 fully saturated rings. The zero-order valence-corrected chi connectivity index (χ0v) is 8.34. The zero-order chi connectivity index (χ0) is 10.7. The Kier molecular flexibility index (Phi) is 2.49. The van der Waals surface area contributed by atoms with Gasteiger partial charge in [-0.1, -0.05) is 12.1 Å². The molecular formula is C11H11N3O. The standard InChI is InChI=1S/C11H11N3O/c1-15-11-13-6-5-10(14-11)8-3-2-4-9(12)7-8/h2-7H,12H2,1H3. The molecule has 2 rings (SSSR count). The molecule has 2 aromatic rings. The maximum Gasteiger partial charge on any atom is 0.316 e. The second kappa shape index (κ2) is 3.96. The minimum Gasteiger partial charge on any atom is -0.467 e. The van der Waals surface area contributed by atoms with Crippen LogP contribution < -0.4 is 10.5 Å². The molecular weight excluding hydrogens is 190 g/mol. The van der Waals surface area contributed by atoms with E-state index in [1.807, 2.05) is 30.3 Å². The fourth-order valence-electron chi connectivity index (χ4n) is 1.30. The number of nitrogens with two attached hydrogens (primary N) is 1. The number of hydrogen-bond donors (Lipinski definition) is 1. The molecule has 0 aliphatic heterocycles. The lowest BCUT2D eigenvalue weighted by Crippen LogP contribution is -1.93. The summed E-state index contributed by atoms with van der Waals surface area (Å²) in [4.78, 5) is 8.15. The van der Waals surface area contributed by atoms with E-state index in [4.69, 9.17) is 10.5 Å². The highest BCUT2D eigenvalue weighted by Gasteiger charge is 2.01. The number of rotatable bonds is 2. The van der Waals surface area contributed by atoms with Crippen molar-refractivity contribution in [2.45, 2.75) is 0 Å². The van der Waals surface area contributed by atoms with Crippen LogP contribution in [0.4, 0.5) is 5.69 Å². The molecule has 2 N–H and O–H groups in total. The molecule has 0 unspecified atom stereocenters. The molecule has 1 heterocycles. The molecule has 0 amide bonds. The lowest BCUT2D eigenvalue weighted by Gasteiger charge is -2.03. The van der Waals surface area contributed by atoms with Gasteiger partial charge >= 0.3 is 6.01 Å². The minimum atomic E-state index is 0.356. The molecule has 1 aromatic heterocycles. The van der Waals surface area contributed by atoms with Gasteiger partial charge in [0.2, 0.25) is 0 Å². The van der Waals surface area contributed by atoms with E-state index in [0.717, 1.165) is 11.3 Å². The molecule has 15 heavy (non-hydrogen) atoms. The van der Waals surface area contributed by atoms with Crippen molar-refractivity contribution in [3.63, 3.8) is 0 Å². The van der Waals surface area contributed by atoms with Crippen molar-refractivity contribution in [3.8, 4) is 17.3 Å². The predicted molar refractivity (Wildman–Crippen MR) is 58.4 cm³/mol. The number of hydrogen-bond acceptors (Lipinski definition) is 4. The number of nitrogens with zero attached hydrogens (tertiary/aromatic N) is 2. The van der Waals surface area contributed by atoms with E-state index < -0.39 is 0 Å². The highest BCUT2D eigenvalue weighted by molar-refractivity contribution is 5.63. The number of benzene rings is 1. The second-order valence-electron chi connectivity index (χ2n) is 3.05. The van der Waals surface area contributed by atoms with Crippen molar-refractivity contribution in [3.05, 3.63) is 36.5 Å². The Morgan fingerprint density at radius 1 is 1.27 bits per heavy atom. The lowest BCUT2D eigenvalue weighted by atomic mass is 10.1. The van der Waals surface area contributed by atoms with Gasteiger partial charge in [-0.05, 0) is 18.2 Å². The fourth-order valence-corrected chi connectivity index (χ4v) is 1.30. The van der Waals surface area contributed by atoms with Crippen molar-refractivity contribution in [1.29, 1.82) is 0 Å². The Morgan fingerprint density at radius 3 is 2.87 bits per heavy atom. The van der Waals surface area contributed by atoms with E-state index in [2.05, 4.69) is 9.97 Å². The summed E-state index contributed by atoms with van der Waals surface area (Å²) in [6.45, 7) is 0. The van der Waals surface area contributed by atoms with Crippen molar-refractivity contribution in [1.82, 2.24) is 9.97 Å². The molecule has 0 aliphatic rings. The molecule has 4 nitrogen and oxygen atoms in total. The summed E-state index contributed by atoms with van der Waals surface area (Å²) in [5.74, 6) is 0. The van der Waals surface area contributed by atoms with Crippen LogP contribution >= 0.6 is 0 Å². The number of aromatic nitrogens is 2. The summed E-state index contributed by atoms with van der Waals surface area (Å²) in [5, 5.41) is 0. The minimum absolute atomic E-state index is 0.356. The summed E-state index contributed by atoms with van der Waals surface area (Å²) in [6, 6.07) is 9.70. The van der Waals surface area contributed by atoms with Crippen LogP contribution in [0.1, 0.15) is 0 Å². The average Bonchev–Trinajstić information content (AvgIpc) is 2.29.